The summed E-state index contributed by atoms with van der Waals surface area (Å²) in [6.45, 7) is 1.09. The number of halogens is 2. The standard InChI is InChI=1S/C22H21F2N3O4S/c23-18-3-1-16(13-19(18)24)22(29)25-7-9-26(10-8-25)32(30,31)17-11-14-2-4-20(28)27-6-5-15(12-17)21(14)27/h1,3,11-13H,2,4-10H2. The van der Waals surface area contributed by atoms with E-state index in [1.807, 2.05) is 0 Å². The van der Waals surface area contributed by atoms with Crippen LogP contribution in [0.15, 0.2) is 35.2 Å². The van der Waals surface area contributed by atoms with Crippen LogP contribution in [0.2, 0.25) is 0 Å². The topological polar surface area (TPSA) is 78.0 Å². The molecule has 5 rings (SSSR count). The number of hydrogen-bond acceptors (Lipinski definition) is 4. The summed E-state index contributed by atoms with van der Waals surface area (Å²) in [4.78, 5) is 28.1. The molecule has 0 atom stereocenters. The van der Waals surface area contributed by atoms with E-state index in [1.165, 1.54) is 15.3 Å². The number of sulfonamides is 1. The highest BCUT2D eigenvalue weighted by Gasteiger charge is 2.35. The molecule has 0 unspecified atom stereocenters. The van der Waals surface area contributed by atoms with Crippen LogP contribution in [0.3, 0.4) is 0 Å². The first-order chi connectivity index (χ1) is 15.3. The van der Waals surface area contributed by atoms with Crippen molar-refractivity contribution in [2.24, 2.45) is 0 Å². The number of nitrogens with zero attached hydrogens (tertiary/aromatic N) is 3. The Labute approximate surface area is 184 Å². The number of amides is 2. The summed E-state index contributed by atoms with van der Waals surface area (Å²) in [5.74, 6) is -2.52. The van der Waals surface area contributed by atoms with E-state index >= 15 is 0 Å². The number of rotatable bonds is 3. The summed E-state index contributed by atoms with van der Waals surface area (Å²) in [5.41, 5.74) is 2.64. The van der Waals surface area contributed by atoms with Crippen molar-refractivity contribution in [3.05, 3.63) is 58.7 Å². The Kier molecular flexibility index (Phi) is 5.01. The highest BCUT2D eigenvalue weighted by Crippen LogP contribution is 2.39. The van der Waals surface area contributed by atoms with Gasteiger partial charge in [0.1, 0.15) is 0 Å². The molecule has 3 heterocycles. The molecule has 10 heteroatoms. The second-order valence-electron chi connectivity index (χ2n) is 8.21. The van der Waals surface area contributed by atoms with E-state index in [0.29, 0.717) is 25.8 Å². The Bertz CT molecular complexity index is 1240. The van der Waals surface area contributed by atoms with E-state index in [4.69, 9.17) is 0 Å². The van der Waals surface area contributed by atoms with Crippen molar-refractivity contribution in [2.45, 2.75) is 24.2 Å². The molecule has 168 valence electrons. The van der Waals surface area contributed by atoms with E-state index in [1.54, 1.807) is 17.0 Å². The van der Waals surface area contributed by atoms with Crippen LogP contribution in [-0.2, 0) is 27.7 Å². The normalized spacial score (nSPS) is 18.8. The Morgan fingerprint density at radius 2 is 1.53 bits per heavy atom. The van der Waals surface area contributed by atoms with Crippen LogP contribution < -0.4 is 4.90 Å². The zero-order chi connectivity index (χ0) is 22.6. The minimum absolute atomic E-state index is 0.0250. The molecule has 2 amide bonds. The summed E-state index contributed by atoms with van der Waals surface area (Å²) in [6, 6.07) is 6.29. The van der Waals surface area contributed by atoms with Gasteiger partial charge in [0.15, 0.2) is 11.6 Å². The third-order valence-electron chi connectivity index (χ3n) is 6.36. The average Bonchev–Trinajstić information content (AvgIpc) is 3.23. The number of hydrogen-bond donors (Lipinski definition) is 0. The number of benzene rings is 2. The van der Waals surface area contributed by atoms with Gasteiger partial charge in [0, 0.05) is 44.7 Å². The summed E-state index contributed by atoms with van der Waals surface area (Å²) in [5, 5.41) is 0. The number of carbonyl (C=O) groups is 2. The maximum Gasteiger partial charge on any atom is 0.254 e. The second kappa shape index (κ2) is 7.63. The van der Waals surface area contributed by atoms with E-state index in [0.717, 1.165) is 28.9 Å². The molecule has 0 aromatic heterocycles. The molecule has 0 radical (unpaired) electrons. The molecule has 3 aliphatic rings. The molecule has 7 nitrogen and oxygen atoms in total. The van der Waals surface area contributed by atoms with Gasteiger partial charge in [-0.2, -0.15) is 4.31 Å². The van der Waals surface area contributed by atoms with Gasteiger partial charge in [-0.1, -0.05) is 0 Å². The van der Waals surface area contributed by atoms with Crippen molar-refractivity contribution in [3.8, 4) is 0 Å². The molecule has 0 aliphatic carbocycles. The third kappa shape index (κ3) is 3.38. The van der Waals surface area contributed by atoms with Crippen LogP contribution in [0.4, 0.5) is 14.5 Å². The van der Waals surface area contributed by atoms with Crippen LogP contribution in [-0.4, -0.2) is 62.2 Å². The summed E-state index contributed by atoms with van der Waals surface area (Å²) in [6.07, 6.45) is 1.53. The van der Waals surface area contributed by atoms with E-state index in [-0.39, 0.29) is 42.5 Å². The van der Waals surface area contributed by atoms with Gasteiger partial charge in [-0.25, -0.2) is 17.2 Å². The van der Waals surface area contributed by atoms with Gasteiger partial charge in [-0.15, -0.1) is 0 Å². The van der Waals surface area contributed by atoms with Gasteiger partial charge < -0.3 is 9.80 Å². The Morgan fingerprint density at radius 3 is 2.22 bits per heavy atom. The molecular formula is C22H21F2N3O4S. The fourth-order valence-electron chi connectivity index (χ4n) is 4.67. The number of aryl methyl sites for hydroxylation is 1. The van der Waals surface area contributed by atoms with Crippen molar-refractivity contribution in [1.82, 2.24) is 9.21 Å². The molecule has 0 spiro atoms. The van der Waals surface area contributed by atoms with Crippen molar-refractivity contribution in [2.75, 3.05) is 37.6 Å². The molecule has 1 fully saturated rings. The highest BCUT2D eigenvalue weighted by molar-refractivity contribution is 7.89. The maximum atomic E-state index is 13.5. The summed E-state index contributed by atoms with van der Waals surface area (Å²) >= 11 is 0. The molecule has 3 aliphatic heterocycles. The quantitative estimate of drug-likeness (QED) is 0.700. The highest BCUT2D eigenvalue weighted by atomic mass is 32.2. The first kappa shape index (κ1) is 21.0. The van der Waals surface area contributed by atoms with Gasteiger partial charge in [-0.3, -0.25) is 9.59 Å². The van der Waals surface area contributed by atoms with Crippen LogP contribution in [0.5, 0.6) is 0 Å². The SMILES string of the molecule is O=C(c1ccc(F)c(F)c1)N1CCN(S(=O)(=O)c2cc3c4c(c2)CCN4C(=O)CC3)CC1. The minimum atomic E-state index is -3.77. The van der Waals surface area contributed by atoms with Crippen molar-refractivity contribution in [3.63, 3.8) is 0 Å². The van der Waals surface area contributed by atoms with Gasteiger partial charge in [0.05, 0.1) is 10.6 Å². The van der Waals surface area contributed by atoms with Crippen molar-refractivity contribution in [1.29, 1.82) is 0 Å². The summed E-state index contributed by atoms with van der Waals surface area (Å²) in [7, 11) is -3.77. The van der Waals surface area contributed by atoms with E-state index < -0.39 is 27.6 Å². The van der Waals surface area contributed by atoms with E-state index in [2.05, 4.69) is 0 Å². The lowest BCUT2D eigenvalue weighted by atomic mass is 10.00. The fourth-order valence-corrected chi connectivity index (χ4v) is 6.19. The third-order valence-corrected chi connectivity index (χ3v) is 8.23. The molecule has 0 saturated carbocycles. The first-order valence-electron chi connectivity index (χ1n) is 10.5. The molecule has 2 aromatic carbocycles. The van der Waals surface area contributed by atoms with Crippen LogP contribution in [0, 0.1) is 11.6 Å². The van der Waals surface area contributed by atoms with Crippen molar-refractivity contribution < 1.29 is 26.8 Å². The predicted molar refractivity (Wildman–Crippen MR) is 112 cm³/mol. The Hall–Kier alpha value is -2.85. The van der Waals surface area contributed by atoms with Crippen LogP contribution in [0.25, 0.3) is 0 Å². The summed E-state index contributed by atoms with van der Waals surface area (Å²) < 4.78 is 54.5. The first-order valence-corrected chi connectivity index (χ1v) is 11.9. The average molecular weight is 461 g/mol. The number of anilines is 1. The van der Waals surface area contributed by atoms with Gasteiger partial charge in [-0.05, 0) is 54.3 Å². The number of carbonyl (C=O) groups excluding carboxylic acids is 2. The second-order valence-corrected chi connectivity index (χ2v) is 10.1. The number of piperazine rings is 1. The van der Waals surface area contributed by atoms with Gasteiger partial charge in [0.25, 0.3) is 5.91 Å². The minimum Gasteiger partial charge on any atom is -0.336 e. The zero-order valence-electron chi connectivity index (χ0n) is 17.2. The zero-order valence-corrected chi connectivity index (χ0v) is 18.0. The Balaban J connectivity index is 1.33. The molecule has 0 N–H and O–H groups in total. The Morgan fingerprint density at radius 1 is 0.844 bits per heavy atom. The van der Waals surface area contributed by atoms with Crippen molar-refractivity contribution >= 4 is 27.5 Å². The molecule has 1 saturated heterocycles. The van der Waals surface area contributed by atoms with Crippen LogP contribution >= 0.6 is 0 Å². The fraction of sp³-hybridized carbons (Fsp3) is 0.364. The lowest BCUT2D eigenvalue weighted by Crippen LogP contribution is -2.50. The maximum absolute atomic E-state index is 13.5. The molecule has 0 bridgehead atoms. The van der Waals surface area contributed by atoms with E-state index in [9.17, 15) is 26.8 Å². The molecule has 2 aromatic rings. The monoisotopic (exact) mass is 461 g/mol. The lowest BCUT2D eigenvalue weighted by molar-refractivity contribution is -0.118. The predicted octanol–water partition coefficient (Wildman–Crippen LogP) is 1.95. The van der Waals surface area contributed by atoms with Gasteiger partial charge >= 0.3 is 0 Å². The van der Waals surface area contributed by atoms with Crippen LogP contribution in [0.1, 0.15) is 27.9 Å². The van der Waals surface area contributed by atoms with Gasteiger partial charge in [0.2, 0.25) is 15.9 Å². The largest absolute Gasteiger partial charge is 0.336 e. The molecule has 32 heavy (non-hydrogen) atoms. The molecular weight excluding hydrogens is 440 g/mol. The smallest absolute Gasteiger partial charge is 0.254 e. The lowest BCUT2D eigenvalue weighted by Gasteiger charge is -2.34.